The van der Waals surface area contributed by atoms with Gasteiger partial charge in [0, 0.05) is 28.9 Å². The van der Waals surface area contributed by atoms with E-state index >= 15 is 0 Å². The van der Waals surface area contributed by atoms with E-state index in [0.717, 1.165) is 28.0 Å². The first-order chi connectivity index (χ1) is 8.97. The maximum absolute atomic E-state index is 6.08. The van der Waals surface area contributed by atoms with Gasteiger partial charge in [-0.3, -0.25) is 0 Å². The van der Waals surface area contributed by atoms with Gasteiger partial charge in [-0.1, -0.05) is 11.8 Å². The van der Waals surface area contributed by atoms with Crippen LogP contribution in [0.1, 0.15) is 37.0 Å². The molecule has 2 heterocycles. The Labute approximate surface area is 122 Å². The molecule has 0 radical (unpaired) electrons. The quantitative estimate of drug-likeness (QED) is 0.635. The molecular formula is C13H17ClN4S. The third kappa shape index (κ3) is 3.48. The summed E-state index contributed by atoms with van der Waals surface area (Å²) in [6.07, 6.45) is 1.82. The molecule has 4 nitrogen and oxygen atoms in total. The van der Waals surface area contributed by atoms with E-state index in [-0.39, 0.29) is 0 Å². The molecule has 2 aromatic heterocycles. The predicted octanol–water partition coefficient (Wildman–Crippen LogP) is 3.82. The van der Waals surface area contributed by atoms with Crippen molar-refractivity contribution >= 4 is 23.4 Å². The highest BCUT2D eigenvalue weighted by Gasteiger charge is 2.12. The summed E-state index contributed by atoms with van der Waals surface area (Å²) in [6.45, 7) is 8.14. The highest BCUT2D eigenvalue weighted by atomic mass is 35.5. The van der Waals surface area contributed by atoms with Crippen LogP contribution in [0.25, 0.3) is 0 Å². The first-order valence-electron chi connectivity index (χ1n) is 6.14. The highest BCUT2D eigenvalue weighted by Crippen LogP contribution is 2.24. The number of hydrogen-bond acceptors (Lipinski definition) is 4. The second-order valence-corrected chi connectivity index (χ2v) is 5.98. The van der Waals surface area contributed by atoms with Gasteiger partial charge in [-0.15, -0.1) is 0 Å². The molecule has 102 valence electrons. The molecule has 2 aromatic rings. The first-order valence-corrected chi connectivity index (χ1v) is 7.50. The topological polar surface area (TPSA) is 43.6 Å². The van der Waals surface area contributed by atoms with Crippen LogP contribution in [0.4, 0.5) is 0 Å². The standard InChI is InChI=1S/C13H17ClN4S/c1-8(2)18-11(6-15-12(18)14)7-19-13-16-9(3)5-10(4)17-13/h5-6,8H,7H2,1-4H3. The Bertz CT molecular complexity index is 560. The fourth-order valence-electron chi connectivity index (χ4n) is 1.92. The summed E-state index contributed by atoms with van der Waals surface area (Å²) in [5, 5.41) is 1.33. The Morgan fingerprint density at radius 2 is 1.89 bits per heavy atom. The Hall–Kier alpha value is -1.07. The maximum Gasteiger partial charge on any atom is 0.203 e. The van der Waals surface area contributed by atoms with Gasteiger partial charge >= 0.3 is 0 Å². The van der Waals surface area contributed by atoms with Gasteiger partial charge < -0.3 is 4.57 Å². The van der Waals surface area contributed by atoms with E-state index in [4.69, 9.17) is 11.6 Å². The molecule has 6 heteroatoms. The smallest absolute Gasteiger partial charge is 0.203 e. The molecule has 0 spiro atoms. The second kappa shape index (κ2) is 5.92. The Balaban J connectivity index is 2.14. The Kier molecular flexibility index (Phi) is 4.47. The molecule has 0 aliphatic heterocycles. The molecule has 0 aliphatic rings. The first kappa shape index (κ1) is 14.3. The van der Waals surface area contributed by atoms with Gasteiger partial charge in [-0.05, 0) is 45.4 Å². The van der Waals surface area contributed by atoms with Gasteiger partial charge in [0.05, 0.1) is 6.20 Å². The van der Waals surface area contributed by atoms with Crippen LogP contribution in [-0.4, -0.2) is 19.5 Å². The van der Waals surface area contributed by atoms with Crippen LogP contribution in [0, 0.1) is 13.8 Å². The summed E-state index contributed by atoms with van der Waals surface area (Å²) >= 11 is 7.69. The minimum atomic E-state index is 0.297. The zero-order valence-corrected chi connectivity index (χ0v) is 13.1. The van der Waals surface area contributed by atoms with Gasteiger partial charge in [-0.25, -0.2) is 15.0 Å². The number of hydrogen-bond donors (Lipinski definition) is 0. The van der Waals surface area contributed by atoms with Crippen molar-refractivity contribution in [2.75, 3.05) is 0 Å². The number of aryl methyl sites for hydroxylation is 2. The van der Waals surface area contributed by atoms with Crippen molar-refractivity contribution in [2.45, 2.75) is 44.6 Å². The lowest BCUT2D eigenvalue weighted by Crippen LogP contribution is -2.05. The highest BCUT2D eigenvalue weighted by molar-refractivity contribution is 7.98. The third-order valence-electron chi connectivity index (χ3n) is 2.66. The van der Waals surface area contributed by atoms with E-state index in [1.165, 1.54) is 0 Å². The summed E-state index contributed by atoms with van der Waals surface area (Å²) in [5.74, 6) is 0.765. The SMILES string of the molecule is Cc1cc(C)nc(SCc2cnc(Cl)n2C(C)C)n1. The summed E-state index contributed by atoms with van der Waals surface area (Å²) < 4.78 is 2.03. The van der Waals surface area contributed by atoms with Crippen LogP contribution in [-0.2, 0) is 5.75 Å². The summed E-state index contributed by atoms with van der Waals surface area (Å²) in [6, 6.07) is 2.27. The van der Waals surface area contributed by atoms with Crippen molar-refractivity contribution in [1.82, 2.24) is 19.5 Å². The molecule has 0 saturated heterocycles. The number of imidazole rings is 1. The Morgan fingerprint density at radius 3 is 2.47 bits per heavy atom. The molecule has 0 unspecified atom stereocenters. The minimum absolute atomic E-state index is 0.297. The zero-order chi connectivity index (χ0) is 14.0. The summed E-state index contributed by atoms with van der Waals surface area (Å²) in [5.41, 5.74) is 3.07. The Morgan fingerprint density at radius 1 is 1.26 bits per heavy atom. The normalized spacial score (nSPS) is 11.3. The van der Waals surface area contributed by atoms with Crippen LogP contribution in [0.3, 0.4) is 0 Å². The second-order valence-electron chi connectivity index (χ2n) is 4.70. The molecular weight excluding hydrogens is 280 g/mol. The van der Waals surface area contributed by atoms with Gasteiger partial charge in [0.1, 0.15) is 0 Å². The van der Waals surface area contributed by atoms with E-state index in [2.05, 4.69) is 28.8 Å². The van der Waals surface area contributed by atoms with Crippen LogP contribution in [0.15, 0.2) is 17.4 Å². The average molecular weight is 297 g/mol. The van der Waals surface area contributed by atoms with Crippen LogP contribution < -0.4 is 0 Å². The van der Waals surface area contributed by atoms with Crippen molar-refractivity contribution in [2.24, 2.45) is 0 Å². The van der Waals surface area contributed by atoms with E-state index in [1.54, 1.807) is 11.8 Å². The van der Waals surface area contributed by atoms with E-state index < -0.39 is 0 Å². The van der Waals surface area contributed by atoms with E-state index in [0.29, 0.717) is 11.3 Å². The number of rotatable bonds is 4. The van der Waals surface area contributed by atoms with Crippen molar-refractivity contribution in [3.05, 3.63) is 34.6 Å². The van der Waals surface area contributed by atoms with Gasteiger partial charge in [0.2, 0.25) is 5.28 Å². The lowest BCUT2D eigenvalue weighted by molar-refractivity contribution is 0.584. The fourth-order valence-corrected chi connectivity index (χ4v) is 3.18. The monoisotopic (exact) mass is 296 g/mol. The third-order valence-corrected chi connectivity index (χ3v) is 3.82. The molecule has 0 aromatic carbocycles. The number of thioether (sulfide) groups is 1. The molecule has 2 rings (SSSR count). The summed E-state index contributed by atoms with van der Waals surface area (Å²) in [7, 11) is 0. The van der Waals surface area contributed by atoms with Crippen molar-refractivity contribution in [1.29, 1.82) is 0 Å². The van der Waals surface area contributed by atoms with Crippen LogP contribution in [0.2, 0.25) is 5.28 Å². The van der Waals surface area contributed by atoms with Gasteiger partial charge in [0.25, 0.3) is 0 Å². The van der Waals surface area contributed by atoms with Crippen molar-refractivity contribution in [3.8, 4) is 0 Å². The lowest BCUT2D eigenvalue weighted by atomic mass is 10.4. The molecule has 0 bridgehead atoms. The number of aromatic nitrogens is 4. The summed E-state index contributed by atoms with van der Waals surface area (Å²) in [4.78, 5) is 13.0. The molecule has 0 aliphatic carbocycles. The largest absolute Gasteiger partial charge is 0.316 e. The van der Waals surface area contributed by atoms with Crippen LogP contribution in [0.5, 0.6) is 0 Å². The zero-order valence-electron chi connectivity index (χ0n) is 11.5. The maximum atomic E-state index is 6.08. The van der Waals surface area contributed by atoms with E-state index in [1.807, 2.05) is 30.7 Å². The van der Waals surface area contributed by atoms with Crippen molar-refractivity contribution < 1.29 is 0 Å². The van der Waals surface area contributed by atoms with Gasteiger partial charge in [0.15, 0.2) is 5.16 Å². The number of halogens is 1. The molecule has 0 saturated carbocycles. The minimum Gasteiger partial charge on any atom is -0.316 e. The molecule has 0 fully saturated rings. The molecule has 0 atom stereocenters. The van der Waals surface area contributed by atoms with E-state index in [9.17, 15) is 0 Å². The lowest BCUT2D eigenvalue weighted by Gasteiger charge is -2.12. The average Bonchev–Trinajstić information content (AvgIpc) is 2.66. The predicted molar refractivity (Wildman–Crippen MR) is 78.7 cm³/mol. The van der Waals surface area contributed by atoms with Gasteiger partial charge in [-0.2, -0.15) is 0 Å². The fraction of sp³-hybridized carbons (Fsp3) is 0.462. The molecule has 0 N–H and O–H groups in total. The molecule has 19 heavy (non-hydrogen) atoms. The molecule has 0 amide bonds. The van der Waals surface area contributed by atoms with Crippen molar-refractivity contribution in [3.63, 3.8) is 0 Å². The van der Waals surface area contributed by atoms with Crippen LogP contribution >= 0.6 is 23.4 Å². The number of nitrogens with zero attached hydrogens (tertiary/aromatic N) is 4.